The molecule has 0 saturated heterocycles. The maximum atomic E-state index is 2.42. The van der Waals surface area contributed by atoms with Crippen LogP contribution in [0.5, 0.6) is 0 Å². The molecular weight excluding hydrogens is 516 g/mol. The largest absolute Gasteiger partial charge is 0.315 e. The first-order valence-electron chi connectivity index (χ1n) is 14.0. The first-order chi connectivity index (χ1) is 20.4. The average Bonchev–Trinajstić information content (AvgIpc) is 3.73. The quantitative estimate of drug-likeness (QED) is 0.211. The summed E-state index contributed by atoms with van der Waals surface area (Å²) >= 11 is 1.90. The Hall–Kier alpha value is -5.12. The second kappa shape index (κ2) is 8.69. The lowest BCUT2D eigenvalue weighted by Gasteiger charge is -2.10. The SMILES string of the molecule is c1ccc(-c2cccc3c2sc2c(-n4ccc5c4ccc4c6ccccc6n(-c6ccccc6)c45)cccc23)cc1. The van der Waals surface area contributed by atoms with E-state index in [2.05, 4.69) is 155 Å². The molecule has 0 aliphatic carbocycles. The van der Waals surface area contributed by atoms with E-state index in [4.69, 9.17) is 0 Å². The van der Waals surface area contributed by atoms with Gasteiger partial charge in [-0.1, -0.05) is 103 Å². The zero-order chi connectivity index (χ0) is 26.9. The maximum Gasteiger partial charge on any atom is 0.0635 e. The summed E-state index contributed by atoms with van der Waals surface area (Å²) in [5.74, 6) is 0. The Labute approximate surface area is 240 Å². The van der Waals surface area contributed by atoms with Gasteiger partial charge in [-0.25, -0.2) is 0 Å². The van der Waals surface area contributed by atoms with Crippen LogP contribution in [-0.4, -0.2) is 9.13 Å². The third kappa shape index (κ3) is 3.24. The summed E-state index contributed by atoms with van der Waals surface area (Å²) in [6.45, 7) is 0. The number of hydrogen-bond donors (Lipinski definition) is 0. The van der Waals surface area contributed by atoms with Crippen molar-refractivity contribution < 1.29 is 0 Å². The van der Waals surface area contributed by atoms with E-state index in [1.54, 1.807) is 0 Å². The van der Waals surface area contributed by atoms with Crippen LogP contribution in [0.25, 0.3) is 75.4 Å². The fourth-order valence-electron chi connectivity index (χ4n) is 6.57. The van der Waals surface area contributed by atoms with Crippen LogP contribution in [0.15, 0.2) is 146 Å². The molecule has 3 aromatic heterocycles. The molecule has 0 aliphatic heterocycles. The highest BCUT2D eigenvalue weighted by Gasteiger charge is 2.18. The molecule has 0 saturated carbocycles. The molecule has 192 valence electrons. The van der Waals surface area contributed by atoms with E-state index in [9.17, 15) is 0 Å². The summed E-state index contributed by atoms with van der Waals surface area (Å²) in [6.07, 6.45) is 2.24. The molecular formula is C38H24N2S. The minimum absolute atomic E-state index is 1.18. The summed E-state index contributed by atoms with van der Waals surface area (Å²) in [7, 11) is 0. The normalized spacial score (nSPS) is 11.9. The van der Waals surface area contributed by atoms with E-state index in [1.165, 1.54) is 75.4 Å². The van der Waals surface area contributed by atoms with Crippen molar-refractivity contribution in [3.8, 4) is 22.5 Å². The summed E-state index contributed by atoms with van der Waals surface area (Å²) in [5.41, 5.74) is 8.65. The van der Waals surface area contributed by atoms with E-state index in [0.717, 1.165) is 0 Å². The Morgan fingerprint density at radius 3 is 2.00 bits per heavy atom. The van der Waals surface area contributed by atoms with Crippen molar-refractivity contribution in [3.05, 3.63) is 146 Å². The molecule has 0 spiro atoms. The minimum Gasteiger partial charge on any atom is -0.315 e. The van der Waals surface area contributed by atoms with Crippen molar-refractivity contribution in [3.63, 3.8) is 0 Å². The molecule has 0 N–H and O–H groups in total. The standard InChI is InChI=1S/C38H24N2S/c1-3-11-25(12-4-1)27-16-9-17-30-31-18-10-20-35(38(31)41-37(27)30)39-24-23-32-33(39)22-21-29-28-15-7-8-19-34(28)40(36(29)32)26-13-5-2-6-14-26/h1-24H. The van der Waals surface area contributed by atoms with Crippen molar-refractivity contribution >= 4 is 64.2 Å². The third-order valence-corrected chi connectivity index (χ3v) is 9.64. The number of para-hydroxylation sites is 2. The fraction of sp³-hybridized carbons (Fsp3) is 0. The number of benzene rings is 6. The maximum absolute atomic E-state index is 2.42. The highest BCUT2D eigenvalue weighted by atomic mass is 32.1. The van der Waals surface area contributed by atoms with E-state index in [0.29, 0.717) is 0 Å². The Morgan fingerprint density at radius 1 is 0.439 bits per heavy atom. The third-order valence-electron chi connectivity index (χ3n) is 8.36. The first kappa shape index (κ1) is 22.7. The highest BCUT2D eigenvalue weighted by Crippen LogP contribution is 2.43. The molecule has 0 amide bonds. The zero-order valence-electron chi connectivity index (χ0n) is 22.2. The number of hydrogen-bond acceptors (Lipinski definition) is 1. The number of nitrogens with zero attached hydrogens (tertiary/aromatic N) is 2. The van der Waals surface area contributed by atoms with Crippen LogP contribution in [0.4, 0.5) is 0 Å². The van der Waals surface area contributed by atoms with Crippen LogP contribution in [0.3, 0.4) is 0 Å². The van der Waals surface area contributed by atoms with Crippen LogP contribution in [0, 0.1) is 0 Å². The Balaban J connectivity index is 1.34. The van der Waals surface area contributed by atoms with Crippen molar-refractivity contribution in [2.75, 3.05) is 0 Å². The van der Waals surface area contributed by atoms with E-state index < -0.39 is 0 Å². The Kier molecular flexibility index (Phi) is 4.80. The molecule has 3 heteroatoms. The monoisotopic (exact) mass is 540 g/mol. The molecule has 0 atom stereocenters. The van der Waals surface area contributed by atoms with Gasteiger partial charge in [0.15, 0.2) is 0 Å². The minimum atomic E-state index is 1.18. The molecule has 0 fully saturated rings. The van der Waals surface area contributed by atoms with Crippen molar-refractivity contribution in [2.24, 2.45) is 0 Å². The Morgan fingerprint density at radius 2 is 1.15 bits per heavy atom. The molecule has 41 heavy (non-hydrogen) atoms. The number of aromatic nitrogens is 2. The van der Waals surface area contributed by atoms with Gasteiger partial charge >= 0.3 is 0 Å². The van der Waals surface area contributed by atoms with Crippen LogP contribution >= 0.6 is 11.3 Å². The predicted octanol–water partition coefficient (Wildman–Crippen LogP) is 10.8. The lowest BCUT2D eigenvalue weighted by Crippen LogP contribution is -1.94. The summed E-state index contributed by atoms with van der Waals surface area (Å²) < 4.78 is 7.45. The molecule has 9 aromatic rings. The second-order valence-corrected chi connectivity index (χ2v) is 11.6. The summed E-state index contributed by atoms with van der Waals surface area (Å²) in [6, 6.07) is 50.5. The van der Waals surface area contributed by atoms with Gasteiger partial charge in [0.25, 0.3) is 0 Å². The molecule has 2 nitrogen and oxygen atoms in total. The summed E-state index contributed by atoms with van der Waals surface area (Å²) in [4.78, 5) is 0. The van der Waals surface area contributed by atoms with Crippen LogP contribution in [0.2, 0.25) is 0 Å². The van der Waals surface area contributed by atoms with Gasteiger partial charge in [0.05, 0.1) is 26.9 Å². The molecule has 0 radical (unpaired) electrons. The van der Waals surface area contributed by atoms with Crippen molar-refractivity contribution in [1.82, 2.24) is 9.13 Å². The Bertz CT molecular complexity index is 2410. The molecule has 6 aromatic carbocycles. The van der Waals surface area contributed by atoms with Crippen LogP contribution < -0.4 is 0 Å². The average molecular weight is 541 g/mol. The van der Waals surface area contributed by atoms with E-state index >= 15 is 0 Å². The lowest BCUT2D eigenvalue weighted by molar-refractivity contribution is 1.15. The van der Waals surface area contributed by atoms with Crippen molar-refractivity contribution in [1.29, 1.82) is 0 Å². The van der Waals surface area contributed by atoms with Gasteiger partial charge in [-0.15, -0.1) is 11.3 Å². The highest BCUT2D eigenvalue weighted by molar-refractivity contribution is 7.26. The first-order valence-corrected chi connectivity index (χ1v) is 14.8. The molecule has 3 heterocycles. The second-order valence-electron chi connectivity index (χ2n) is 10.6. The number of rotatable bonds is 3. The van der Waals surface area contributed by atoms with E-state index in [1.807, 2.05) is 11.3 Å². The van der Waals surface area contributed by atoms with Gasteiger partial charge in [0.2, 0.25) is 0 Å². The topological polar surface area (TPSA) is 9.86 Å². The lowest BCUT2D eigenvalue weighted by atomic mass is 10.0. The van der Waals surface area contributed by atoms with Gasteiger partial charge in [-0.05, 0) is 47.5 Å². The molecule has 0 unspecified atom stereocenters. The van der Waals surface area contributed by atoms with Crippen LogP contribution in [-0.2, 0) is 0 Å². The van der Waals surface area contributed by atoms with Crippen LogP contribution in [0.1, 0.15) is 0 Å². The predicted molar refractivity (Wildman–Crippen MR) is 176 cm³/mol. The molecule has 0 aliphatic rings. The van der Waals surface area contributed by atoms with Gasteiger partial charge in [-0.2, -0.15) is 0 Å². The van der Waals surface area contributed by atoms with Gasteiger partial charge in [-0.3, -0.25) is 0 Å². The smallest absolute Gasteiger partial charge is 0.0635 e. The van der Waals surface area contributed by atoms with Gasteiger partial charge in [0.1, 0.15) is 0 Å². The fourth-order valence-corrected chi connectivity index (χ4v) is 7.92. The molecule has 0 bridgehead atoms. The van der Waals surface area contributed by atoms with Gasteiger partial charge in [0, 0.05) is 43.5 Å². The van der Waals surface area contributed by atoms with E-state index in [-0.39, 0.29) is 0 Å². The van der Waals surface area contributed by atoms with Gasteiger partial charge < -0.3 is 9.13 Å². The van der Waals surface area contributed by atoms with Crippen molar-refractivity contribution in [2.45, 2.75) is 0 Å². The number of thiophene rings is 1. The summed E-state index contributed by atoms with van der Waals surface area (Å²) in [5, 5.41) is 6.44. The molecule has 9 rings (SSSR count). The zero-order valence-corrected chi connectivity index (χ0v) is 23.0. The number of fused-ring (bicyclic) bond motifs is 8.